The van der Waals surface area contributed by atoms with Gasteiger partial charge < -0.3 is 10.2 Å². The Kier molecular flexibility index (Phi) is 14.1. The minimum atomic E-state index is -0.156. The van der Waals surface area contributed by atoms with Crippen molar-refractivity contribution in [3.8, 4) is 0 Å². The first-order valence-corrected chi connectivity index (χ1v) is 1.34. The van der Waals surface area contributed by atoms with Gasteiger partial charge in [0.1, 0.15) is 0 Å². The molecule has 0 saturated carbocycles. The van der Waals surface area contributed by atoms with Gasteiger partial charge in [0, 0.05) is 0 Å². The van der Waals surface area contributed by atoms with E-state index in [1.165, 1.54) is 0 Å². The molecule has 4 heteroatoms. The van der Waals surface area contributed by atoms with Crippen LogP contribution >= 0.6 is 12.4 Å². The van der Waals surface area contributed by atoms with E-state index in [-0.39, 0.29) is 25.9 Å². The third kappa shape index (κ3) is 8.90. The topological polar surface area (TPSA) is 52.5 Å². The van der Waals surface area contributed by atoms with Crippen LogP contribution in [-0.2, 0) is 0 Å². The standard InChI is InChI=1S/C2H7NO2.ClH/c4-1-3-2-5;/h3-5H,1-2H2;1H. The first-order valence-electron chi connectivity index (χ1n) is 1.34. The second-order valence-corrected chi connectivity index (χ2v) is 0.566. The highest BCUT2D eigenvalue weighted by Gasteiger charge is 1.64. The molecular weight excluding hydrogens is 105 g/mol. The van der Waals surface area contributed by atoms with Crippen molar-refractivity contribution in [2.45, 2.75) is 0 Å². The molecule has 0 bridgehead atoms. The molecule has 0 aliphatic heterocycles. The first-order chi connectivity index (χ1) is 2.41. The molecule has 0 heterocycles. The van der Waals surface area contributed by atoms with Crippen LogP contribution in [0.4, 0.5) is 0 Å². The van der Waals surface area contributed by atoms with Crippen molar-refractivity contribution < 1.29 is 10.2 Å². The molecule has 0 amide bonds. The fourth-order valence-electron chi connectivity index (χ4n) is 0.0500. The molecule has 0 aromatic rings. The van der Waals surface area contributed by atoms with Crippen LogP contribution in [0.2, 0.25) is 0 Å². The highest BCUT2D eigenvalue weighted by Crippen LogP contribution is 1.37. The summed E-state index contributed by atoms with van der Waals surface area (Å²) in [5, 5.41) is 17.8. The largest absolute Gasteiger partial charge is 0.381 e. The molecule has 0 aromatic carbocycles. The van der Waals surface area contributed by atoms with Crippen molar-refractivity contribution >= 4 is 12.4 Å². The number of halogens is 1. The summed E-state index contributed by atoms with van der Waals surface area (Å²) in [4.78, 5) is 0. The number of hydrogen-bond donors (Lipinski definition) is 3. The summed E-state index contributed by atoms with van der Waals surface area (Å²) < 4.78 is 0. The Morgan fingerprint density at radius 2 is 1.50 bits per heavy atom. The van der Waals surface area contributed by atoms with Gasteiger partial charge in [-0.25, -0.2) is 0 Å². The van der Waals surface area contributed by atoms with E-state index in [4.69, 9.17) is 10.2 Å². The Balaban J connectivity index is 0. The molecule has 0 rings (SSSR count). The lowest BCUT2D eigenvalue weighted by molar-refractivity contribution is 0.185. The second-order valence-electron chi connectivity index (χ2n) is 0.566. The number of hydrogen-bond acceptors (Lipinski definition) is 3. The summed E-state index contributed by atoms with van der Waals surface area (Å²) in [5.41, 5.74) is 0. The zero-order chi connectivity index (χ0) is 4.12. The minimum absolute atomic E-state index is 0. The van der Waals surface area contributed by atoms with E-state index in [1.54, 1.807) is 0 Å². The molecule has 0 fully saturated rings. The molecule has 0 aliphatic rings. The second kappa shape index (κ2) is 8.95. The molecule has 0 atom stereocenters. The van der Waals surface area contributed by atoms with Crippen LogP contribution in [0.5, 0.6) is 0 Å². The molecule has 40 valence electrons. The number of rotatable bonds is 2. The third-order valence-electron chi connectivity index (χ3n) is 0.224. The van der Waals surface area contributed by atoms with Crippen LogP contribution in [0, 0.1) is 0 Å². The zero-order valence-electron chi connectivity index (χ0n) is 3.22. The maximum absolute atomic E-state index is 7.80. The smallest absolute Gasteiger partial charge is 0.0948 e. The van der Waals surface area contributed by atoms with E-state index in [1.807, 2.05) is 0 Å². The Labute approximate surface area is 42.4 Å². The van der Waals surface area contributed by atoms with Gasteiger partial charge in [0.25, 0.3) is 0 Å². The number of nitrogens with one attached hydrogen (secondary N) is 1. The van der Waals surface area contributed by atoms with E-state index in [2.05, 4.69) is 5.32 Å². The molecular formula is C2H8ClNO2. The Morgan fingerprint density at radius 3 is 1.50 bits per heavy atom. The highest BCUT2D eigenvalue weighted by atomic mass is 35.5. The van der Waals surface area contributed by atoms with Crippen LogP contribution in [0.3, 0.4) is 0 Å². The van der Waals surface area contributed by atoms with Crippen molar-refractivity contribution in [1.82, 2.24) is 5.32 Å². The zero-order valence-corrected chi connectivity index (χ0v) is 4.03. The van der Waals surface area contributed by atoms with Crippen LogP contribution in [0.25, 0.3) is 0 Å². The van der Waals surface area contributed by atoms with Crippen molar-refractivity contribution in [3.63, 3.8) is 0 Å². The number of aliphatic hydroxyl groups excluding tert-OH is 2. The lowest BCUT2D eigenvalue weighted by Gasteiger charge is -1.85. The van der Waals surface area contributed by atoms with Gasteiger partial charge in [0.2, 0.25) is 0 Å². The minimum Gasteiger partial charge on any atom is -0.381 e. The molecule has 3 N–H and O–H groups in total. The third-order valence-corrected chi connectivity index (χ3v) is 0.224. The first kappa shape index (κ1) is 9.48. The maximum atomic E-state index is 7.80. The fraction of sp³-hybridized carbons (Fsp3) is 1.00. The summed E-state index contributed by atoms with van der Waals surface area (Å²) in [6.07, 6.45) is 0. The number of aliphatic hydroxyl groups is 2. The van der Waals surface area contributed by atoms with Gasteiger partial charge in [0.15, 0.2) is 0 Å². The predicted molar refractivity (Wildman–Crippen MR) is 24.6 cm³/mol. The summed E-state index contributed by atoms with van der Waals surface area (Å²) in [5.74, 6) is 0. The van der Waals surface area contributed by atoms with Crippen molar-refractivity contribution in [3.05, 3.63) is 0 Å². The van der Waals surface area contributed by atoms with Crippen LogP contribution in [-0.4, -0.2) is 23.7 Å². The van der Waals surface area contributed by atoms with Gasteiger partial charge in [-0.3, -0.25) is 5.32 Å². The van der Waals surface area contributed by atoms with E-state index in [9.17, 15) is 0 Å². The van der Waals surface area contributed by atoms with Crippen molar-refractivity contribution in [2.24, 2.45) is 0 Å². The average Bonchev–Trinajstić information content (AvgIpc) is 1.41. The van der Waals surface area contributed by atoms with Crippen molar-refractivity contribution in [1.29, 1.82) is 0 Å². The Hall–Kier alpha value is 0.170. The SMILES string of the molecule is Cl.OCNCO. The summed E-state index contributed by atoms with van der Waals surface area (Å²) in [7, 11) is 0. The maximum Gasteiger partial charge on any atom is 0.0948 e. The molecule has 0 saturated heterocycles. The predicted octanol–water partition coefficient (Wildman–Crippen LogP) is -1.10. The van der Waals surface area contributed by atoms with Gasteiger partial charge in [-0.2, -0.15) is 0 Å². The van der Waals surface area contributed by atoms with E-state index in [0.29, 0.717) is 0 Å². The van der Waals surface area contributed by atoms with Gasteiger partial charge in [-0.15, -0.1) is 12.4 Å². The molecule has 0 aromatic heterocycles. The monoisotopic (exact) mass is 113 g/mol. The molecule has 0 radical (unpaired) electrons. The lowest BCUT2D eigenvalue weighted by Crippen LogP contribution is -2.14. The molecule has 0 unspecified atom stereocenters. The van der Waals surface area contributed by atoms with E-state index in [0.717, 1.165) is 0 Å². The quantitative estimate of drug-likeness (QED) is 0.399. The average molecular weight is 114 g/mol. The summed E-state index contributed by atoms with van der Waals surface area (Å²) in [6, 6.07) is 0. The summed E-state index contributed by atoms with van der Waals surface area (Å²) in [6.45, 7) is -0.312. The van der Waals surface area contributed by atoms with E-state index >= 15 is 0 Å². The van der Waals surface area contributed by atoms with Gasteiger partial charge in [-0.05, 0) is 0 Å². The molecule has 0 aliphatic carbocycles. The lowest BCUT2D eigenvalue weighted by atomic mass is 11.1. The fourth-order valence-corrected chi connectivity index (χ4v) is 0.0500. The van der Waals surface area contributed by atoms with Crippen LogP contribution in [0.1, 0.15) is 0 Å². The van der Waals surface area contributed by atoms with Crippen molar-refractivity contribution in [2.75, 3.05) is 13.5 Å². The Morgan fingerprint density at radius 1 is 1.17 bits per heavy atom. The molecule has 3 nitrogen and oxygen atoms in total. The van der Waals surface area contributed by atoms with Gasteiger partial charge in [0.05, 0.1) is 13.5 Å². The van der Waals surface area contributed by atoms with Crippen LogP contribution < -0.4 is 5.32 Å². The molecule has 6 heavy (non-hydrogen) atoms. The molecule has 0 spiro atoms. The van der Waals surface area contributed by atoms with Gasteiger partial charge in [-0.1, -0.05) is 0 Å². The van der Waals surface area contributed by atoms with Crippen LogP contribution in [0.15, 0.2) is 0 Å². The summed E-state index contributed by atoms with van der Waals surface area (Å²) >= 11 is 0. The van der Waals surface area contributed by atoms with E-state index < -0.39 is 0 Å². The van der Waals surface area contributed by atoms with Gasteiger partial charge >= 0.3 is 0 Å². The normalized spacial score (nSPS) is 7.00. The Bertz CT molecular complexity index is 19.0. The highest BCUT2D eigenvalue weighted by molar-refractivity contribution is 5.85.